The van der Waals surface area contributed by atoms with Crippen LogP contribution in [0.1, 0.15) is 31.1 Å². The molecular weight excluding hydrogens is 314 g/mol. The highest BCUT2D eigenvalue weighted by atomic mass is 16.4. The summed E-state index contributed by atoms with van der Waals surface area (Å²) in [6, 6.07) is 17.0. The number of anilines is 1. The fourth-order valence-electron chi connectivity index (χ4n) is 2.34. The lowest BCUT2D eigenvalue weighted by molar-refractivity contribution is 0.251. The van der Waals surface area contributed by atoms with Crippen LogP contribution >= 0.6 is 0 Å². The summed E-state index contributed by atoms with van der Waals surface area (Å²) in [5, 5.41) is 5.64. The molecule has 0 unspecified atom stereocenters. The van der Waals surface area contributed by atoms with Crippen LogP contribution in [-0.2, 0) is 6.54 Å². The summed E-state index contributed by atoms with van der Waals surface area (Å²) in [6.45, 7) is 4.61. The lowest BCUT2D eigenvalue weighted by Gasteiger charge is -2.08. The summed E-state index contributed by atoms with van der Waals surface area (Å²) in [5.41, 5.74) is 2.64. The molecule has 0 atom stereocenters. The third-order valence-electron chi connectivity index (χ3n) is 3.78. The van der Waals surface area contributed by atoms with Crippen molar-refractivity contribution in [3.05, 3.63) is 72.1 Å². The lowest BCUT2D eigenvalue weighted by atomic mass is 10.2. The van der Waals surface area contributed by atoms with Crippen LogP contribution in [0.25, 0.3) is 11.5 Å². The quantitative estimate of drug-likeness (QED) is 0.704. The third kappa shape index (κ3) is 4.47. The van der Waals surface area contributed by atoms with E-state index in [-0.39, 0.29) is 6.03 Å². The van der Waals surface area contributed by atoms with Crippen molar-refractivity contribution in [1.29, 1.82) is 0 Å². The van der Waals surface area contributed by atoms with Crippen LogP contribution < -0.4 is 10.6 Å². The molecule has 0 radical (unpaired) electrons. The standard InChI is InChI=1S/C20H21N3O2/c1-14(2)18-13-21-19(25-18)16-8-10-17(11-9-16)23-20(24)22-12-15-6-4-3-5-7-15/h3-11,13-14H,12H2,1-2H3,(H2,22,23,24). The Morgan fingerprint density at radius 1 is 1.08 bits per heavy atom. The summed E-state index contributed by atoms with van der Waals surface area (Å²) in [6.07, 6.45) is 1.75. The second-order valence-electron chi connectivity index (χ2n) is 6.09. The number of aromatic nitrogens is 1. The molecular formula is C20H21N3O2. The van der Waals surface area contributed by atoms with Gasteiger partial charge in [0.1, 0.15) is 5.76 Å². The molecule has 5 heteroatoms. The summed E-state index contributed by atoms with van der Waals surface area (Å²) in [5.74, 6) is 1.75. The van der Waals surface area contributed by atoms with Gasteiger partial charge in [-0.05, 0) is 29.8 Å². The number of benzene rings is 2. The minimum absolute atomic E-state index is 0.241. The number of hydrogen-bond acceptors (Lipinski definition) is 3. The highest BCUT2D eigenvalue weighted by Crippen LogP contribution is 2.24. The number of urea groups is 1. The summed E-state index contributed by atoms with van der Waals surface area (Å²) >= 11 is 0. The first-order chi connectivity index (χ1) is 12.1. The van der Waals surface area contributed by atoms with Gasteiger partial charge in [0.15, 0.2) is 0 Å². The van der Waals surface area contributed by atoms with Gasteiger partial charge < -0.3 is 15.1 Å². The number of amides is 2. The van der Waals surface area contributed by atoms with E-state index in [1.165, 1.54) is 0 Å². The maximum absolute atomic E-state index is 12.0. The van der Waals surface area contributed by atoms with Crippen molar-refractivity contribution in [3.8, 4) is 11.5 Å². The van der Waals surface area contributed by atoms with E-state index >= 15 is 0 Å². The van der Waals surface area contributed by atoms with Gasteiger partial charge in [0, 0.05) is 23.7 Å². The topological polar surface area (TPSA) is 67.2 Å². The highest BCUT2D eigenvalue weighted by molar-refractivity contribution is 5.89. The minimum atomic E-state index is -0.241. The Kier molecular flexibility index (Phi) is 5.14. The van der Waals surface area contributed by atoms with Crippen LogP contribution in [0.15, 0.2) is 65.2 Å². The predicted molar refractivity (Wildman–Crippen MR) is 98.3 cm³/mol. The number of carbonyl (C=O) groups excluding carboxylic acids is 1. The summed E-state index contributed by atoms with van der Waals surface area (Å²) in [7, 11) is 0. The van der Waals surface area contributed by atoms with Crippen LogP contribution in [0.4, 0.5) is 10.5 Å². The Morgan fingerprint density at radius 3 is 2.44 bits per heavy atom. The van der Waals surface area contributed by atoms with E-state index in [2.05, 4.69) is 29.5 Å². The zero-order chi connectivity index (χ0) is 17.6. The first-order valence-electron chi connectivity index (χ1n) is 8.27. The maximum atomic E-state index is 12.0. The molecule has 2 aromatic carbocycles. The van der Waals surface area contributed by atoms with Crippen molar-refractivity contribution >= 4 is 11.7 Å². The fourth-order valence-corrected chi connectivity index (χ4v) is 2.34. The van der Waals surface area contributed by atoms with Gasteiger partial charge in [0.05, 0.1) is 6.20 Å². The number of carbonyl (C=O) groups is 1. The van der Waals surface area contributed by atoms with Crippen LogP contribution in [0.3, 0.4) is 0 Å². The average molecular weight is 335 g/mol. The highest BCUT2D eigenvalue weighted by Gasteiger charge is 2.09. The fraction of sp³-hybridized carbons (Fsp3) is 0.200. The molecule has 3 aromatic rings. The smallest absolute Gasteiger partial charge is 0.319 e. The minimum Gasteiger partial charge on any atom is -0.441 e. The monoisotopic (exact) mass is 335 g/mol. The van der Waals surface area contributed by atoms with Crippen molar-refractivity contribution < 1.29 is 9.21 Å². The Bertz CT molecular complexity index is 824. The molecule has 25 heavy (non-hydrogen) atoms. The number of nitrogens with zero attached hydrogens (tertiary/aromatic N) is 1. The van der Waals surface area contributed by atoms with Crippen LogP contribution in [-0.4, -0.2) is 11.0 Å². The molecule has 128 valence electrons. The van der Waals surface area contributed by atoms with E-state index in [1.54, 1.807) is 6.20 Å². The van der Waals surface area contributed by atoms with E-state index in [4.69, 9.17) is 4.42 Å². The molecule has 0 aliphatic heterocycles. The molecule has 1 aromatic heterocycles. The second kappa shape index (κ2) is 7.66. The Balaban J connectivity index is 1.57. The van der Waals surface area contributed by atoms with E-state index in [0.29, 0.717) is 24.0 Å². The van der Waals surface area contributed by atoms with E-state index in [1.807, 2.05) is 54.6 Å². The molecule has 3 rings (SSSR count). The van der Waals surface area contributed by atoms with Gasteiger partial charge in [0.2, 0.25) is 5.89 Å². The molecule has 2 amide bonds. The van der Waals surface area contributed by atoms with Gasteiger partial charge >= 0.3 is 6.03 Å². The van der Waals surface area contributed by atoms with Crippen molar-refractivity contribution in [2.45, 2.75) is 26.3 Å². The van der Waals surface area contributed by atoms with Gasteiger partial charge in [-0.1, -0.05) is 44.2 Å². The Morgan fingerprint density at radius 2 is 1.80 bits per heavy atom. The lowest BCUT2D eigenvalue weighted by Crippen LogP contribution is -2.28. The van der Waals surface area contributed by atoms with Crippen LogP contribution in [0, 0.1) is 0 Å². The molecule has 0 aliphatic rings. The summed E-state index contributed by atoms with van der Waals surface area (Å²) < 4.78 is 5.73. The average Bonchev–Trinajstić information content (AvgIpc) is 3.12. The van der Waals surface area contributed by atoms with Crippen molar-refractivity contribution in [2.75, 3.05) is 5.32 Å². The van der Waals surface area contributed by atoms with Crippen molar-refractivity contribution in [3.63, 3.8) is 0 Å². The van der Waals surface area contributed by atoms with Crippen LogP contribution in [0.2, 0.25) is 0 Å². The predicted octanol–water partition coefficient (Wildman–Crippen LogP) is 4.79. The van der Waals surface area contributed by atoms with E-state index in [0.717, 1.165) is 16.9 Å². The zero-order valence-corrected chi connectivity index (χ0v) is 14.3. The first-order valence-corrected chi connectivity index (χ1v) is 8.27. The number of oxazole rings is 1. The normalized spacial score (nSPS) is 10.7. The molecule has 0 saturated heterocycles. The number of nitrogens with one attached hydrogen (secondary N) is 2. The third-order valence-corrected chi connectivity index (χ3v) is 3.78. The molecule has 0 fully saturated rings. The first kappa shape index (κ1) is 16.8. The van der Waals surface area contributed by atoms with Crippen LogP contribution in [0.5, 0.6) is 0 Å². The molecule has 5 nitrogen and oxygen atoms in total. The SMILES string of the molecule is CC(C)c1cnc(-c2ccc(NC(=O)NCc3ccccc3)cc2)o1. The van der Waals surface area contributed by atoms with Crippen molar-refractivity contribution in [2.24, 2.45) is 0 Å². The Hall–Kier alpha value is -3.08. The maximum Gasteiger partial charge on any atom is 0.319 e. The molecule has 0 bridgehead atoms. The second-order valence-corrected chi connectivity index (χ2v) is 6.09. The Labute approximate surface area is 147 Å². The molecule has 1 heterocycles. The van der Waals surface area contributed by atoms with Gasteiger partial charge in [-0.3, -0.25) is 0 Å². The molecule has 0 saturated carbocycles. The molecule has 0 aliphatic carbocycles. The number of rotatable bonds is 5. The zero-order valence-electron chi connectivity index (χ0n) is 14.3. The van der Waals surface area contributed by atoms with Gasteiger partial charge in [-0.2, -0.15) is 0 Å². The largest absolute Gasteiger partial charge is 0.441 e. The van der Waals surface area contributed by atoms with Gasteiger partial charge in [-0.15, -0.1) is 0 Å². The molecule has 2 N–H and O–H groups in total. The van der Waals surface area contributed by atoms with Gasteiger partial charge in [-0.25, -0.2) is 9.78 Å². The van der Waals surface area contributed by atoms with Crippen molar-refractivity contribution in [1.82, 2.24) is 10.3 Å². The number of hydrogen-bond donors (Lipinski definition) is 2. The van der Waals surface area contributed by atoms with Gasteiger partial charge in [0.25, 0.3) is 0 Å². The van der Waals surface area contributed by atoms with E-state index < -0.39 is 0 Å². The molecule has 0 spiro atoms. The van der Waals surface area contributed by atoms with E-state index in [9.17, 15) is 4.79 Å². The summed E-state index contributed by atoms with van der Waals surface area (Å²) in [4.78, 5) is 16.3.